The summed E-state index contributed by atoms with van der Waals surface area (Å²) in [6, 6.07) is 0. The van der Waals surface area contributed by atoms with Gasteiger partial charge in [-0.3, -0.25) is 4.90 Å². The molecule has 0 spiro atoms. The van der Waals surface area contributed by atoms with Gasteiger partial charge in [0.2, 0.25) is 0 Å². The SMILES string of the molecule is COCCCOCCN1CCCN(CCCN)CC1. The minimum atomic E-state index is 0.791. The maximum Gasteiger partial charge on any atom is 0.0593 e. The van der Waals surface area contributed by atoms with Crippen LogP contribution >= 0.6 is 0 Å². The predicted octanol–water partition coefficient (Wildman–Crippen LogP) is 0.396. The van der Waals surface area contributed by atoms with Crippen molar-refractivity contribution in [3.8, 4) is 0 Å². The van der Waals surface area contributed by atoms with Crippen LogP contribution in [0, 0.1) is 0 Å². The van der Waals surface area contributed by atoms with Crippen LogP contribution in [0.15, 0.2) is 0 Å². The van der Waals surface area contributed by atoms with Gasteiger partial charge in [-0.2, -0.15) is 0 Å². The number of nitrogens with two attached hydrogens (primary N) is 1. The van der Waals surface area contributed by atoms with Crippen molar-refractivity contribution < 1.29 is 9.47 Å². The molecule has 1 heterocycles. The van der Waals surface area contributed by atoms with Crippen molar-refractivity contribution in [2.45, 2.75) is 19.3 Å². The second kappa shape index (κ2) is 11.6. The summed E-state index contributed by atoms with van der Waals surface area (Å²) in [7, 11) is 1.73. The minimum absolute atomic E-state index is 0.791. The lowest BCUT2D eigenvalue weighted by Crippen LogP contribution is -2.33. The van der Waals surface area contributed by atoms with Crippen LogP contribution in [0.4, 0.5) is 0 Å². The summed E-state index contributed by atoms with van der Waals surface area (Å²) in [6.07, 6.45) is 3.36. The molecule has 0 bridgehead atoms. The lowest BCUT2D eigenvalue weighted by molar-refractivity contribution is 0.0844. The molecule has 1 saturated heterocycles. The molecule has 0 aromatic rings. The van der Waals surface area contributed by atoms with E-state index in [-0.39, 0.29) is 0 Å². The Bertz CT molecular complexity index is 205. The Hall–Kier alpha value is -0.200. The third-order valence-electron chi connectivity index (χ3n) is 3.55. The molecule has 5 heteroatoms. The molecular formula is C14H31N3O2. The van der Waals surface area contributed by atoms with Crippen LogP contribution in [-0.4, -0.2) is 82.5 Å². The highest BCUT2D eigenvalue weighted by atomic mass is 16.5. The van der Waals surface area contributed by atoms with E-state index in [0.717, 1.165) is 58.8 Å². The van der Waals surface area contributed by atoms with Crippen molar-refractivity contribution in [2.24, 2.45) is 5.73 Å². The second-order valence-corrected chi connectivity index (χ2v) is 5.14. The van der Waals surface area contributed by atoms with Crippen LogP contribution in [0.2, 0.25) is 0 Å². The normalized spacial score (nSPS) is 18.6. The molecule has 1 rings (SSSR count). The van der Waals surface area contributed by atoms with Crippen LogP contribution in [0.5, 0.6) is 0 Å². The first kappa shape index (κ1) is 16.9. The van der Waals surface area contributed by atoms with Gasteiger partial charge in [0, 0.05) is 40.0 Å². The van der Waals surface area contributed by atoms with Crippen LogP contribution < -0.4 is 5.73 Å². The highest BCUT2D eigenvalue weighted by molar-refractivity contribution is 4.69. The quantitative estimate of drug-likeness (QED) is 0.584. The Morgan fingerprint density at radius 1 is 0.895 bits per heavy atom. The van der Waals surface area contributed by atoms with Crippen molar-refractivity contribution in [1.82, 2.24) is 9.80 Å². The van der Waals surface area contributed by atoms with Crippen LogP contribution in [0.3, 0.4) is 0 Å². The first-order valence-electron chi connectivity index (χ1n) is 7.58. The lowest BCUT2D eigenvalue weighted by Gasteiger charge is -2.21. The Balaban J connectivity index is 2.02. The molecule has 0 amide bonds. The Morgan fingerprint density at radius 3 is 2.32 bits per heavy atom. The van der Waals surface area contributed by atoms with Gasteiger partial charge < -0.3 is 20.1 Å². The zero-order chi connectivity index (χ0) is 13.8. The Labute approximate surface area is 118 Å². The van der Waals surface area contributed by atoms with Crippen LogP contribution in [0.25, 0.3) is 0 Å². The maximum atomic E-state index is 5.62. The van der Waals surface area contributed by atoms with E-state index in [1.165, 1.54) is 26.1 Å². The first-order valence-corrected chi connectivity index (χ1v) is 7.58. The van der Waals surface area contributed by atoms with E-state index in [4.69, 9.17) is 15.2 Å². The standard InChI is InChI=1S/C14H31N3O2/c1-18-12-4-13-19-14-11-17-8-3-7-16(9-10-17)6-2-5-15/h2-15H2,1H3. The number of rotatable bonds is 10. The van der Waals surface area contributed by atoms with Gasteiger partial charge in [0.25, 0.3) is 0 Å². The molecule has 19 heavy (non-hydrogen) atoms. The molecule has 114 valence electrons. The molecule has 1 fully saturated rings. The summed E-state index contributed by atoms with van der Waals surface area (Å²) in [5.74, 6) is 0. The van der Waals surface area contributed by atoms with E-state index in [2.05, 4.69) is 9.80 Å². The first-order chi connectivity index (χ1) is 9.36. The van der Waals surface area contributed by atoms with E-state index in [9.17, 15) is 0 Å². The third kappa shape index (κ3) is 8.55. The smallest absolute Gasteiger partial charge is 0.0593 e. The van der Waals surface area contributed by atoms with Gasteiger partial charge in [0.1, 0.15) is 0 Å². The lowest BCUT2D eigenvalue weighted by atomic mass is 10.3. The number of nitrogens with zero attached hydrogens (tertiary/aromatic N) is 2. The van der Waals surface area contributed by atoms with Crippen LogP contribution in [-0.2, 0) is 9.47 Å². The largest absolute Gasteiger partial charge is 0.385 e. The fourth-order valence-corrected chi connectivity index (χ4v) is 2.39. The summed E-state index contributed by atoms with van der Waals surface area (Å²) >= 11 is 0. The summed E-state index contributed by atoms with van der Waals surface area (Å²) in [6.45, 7) is 10.2. The third-order valence-corrected chi connectivity index (χ3v) is 3.55. The van der Waals surface area contributed by atoms with Crippen molar-refractivity contribution in [3.63, 3.8) is 0 Å². The van der Waals surface area contributed by atoms with Crippen molar-refractivity contribution in [2.75, 3.05) is 72.7 Å². The summed E-state index contributed by atoms with van der Waals surface area (Å²) in [5, 5.41) is 0. The van der Waals surface area contributed by atoms with E-state index in [1.54, 1.807) is 7.11 Å². The summed E-state index contributed by atoms with van der Waals surface area (Å²) in [5.41, 5.74) is 5.57. The zero-order valence-electron chi connectivity index (χ0n) is 12.5. The highest BCUT2D eigenvalue weighted by Crippen LogP contribution is 2.03. The molecule has 5 nitrogen and oxygen atoms in total. The van der Waals surface area contributed by atoms with E-state index < -0.39 is 0 Å². The van der Waals surface area contributed by atoms with Crippen molar-refractivity contribution in [3.05, 3.63) is 0 Å². The summed E-state index contributed by atoms with van der Waals surface area (Å²) < 4.78 is 10.6. The fourth-order valence-electron chi connectivity index (χ4n) is 2.39. The van der Waals surface area contributed by atoms with Gasteiger partial charge in [-0.05, 0) is 45.4 Å². The maximum absolute atomic E-state index is 5.62. The van der Waals surface area contributed by atoms with E-state index in [0.29, 0.717) is 0 Å². The fraction of sp³-hybridized carbons (Fsp3) is 1.00. The molecule has 0 saturated carbocycles. The number of hydrogen-bond donors (Lipinski definition) is 1. The number of ether oxygens (including phenoxy) is 2. The predicted molar refractivity (Wildman–Crippen MR) is 78.5 cm³/mol. The van der Waals surface area contributed by atoms with Gasteiger partial charge in [-0.1, -0.05) is 0 Å². The molecule has 0 aromatic heterocycles. The minimum Gasteiger partial charge on any atom is -0.385 e. The highest BCUT2D eigenvalue weighted by Gasteiger charge is 2.13. The van der Waals surface area contributed by atoms with Gasteiger partial charge in [-0.25, -0.2) is 0 Å². The molecule has 1 aliphatic rings. The monoisotopic (exact) mass is 273 g/mol. The average molecular weight is 273 g/mol. The van der Waals surface area contributed by atoms with Gasteiger partial charge in [0.15, 0.2) is 0 Å². The van der Waals surface area contributed by atoms with Crippen LogP contribution in [0.1, 0.15) is 19.3 Å². The zero-order valence-corrected chi connectivity index (χ0v) is 12.5. The summed E-state index contributed by atoms with van der Waals surface area (Å²) in [4.78, 5) is 5.05. The van der Waals surface area contributed by atoms with Gasteiger partial charge in [0.05, 0.1) is 6.61 Å². The molecular weight excluding hydrogens is 242 g/mol. The van der Waals surface area contributed by atoms with Crippen molar-refractivity contribution >= 4 is 0 Å². The van der Waals surface area contributed by atoms with Gasteiger partial charge >= 0.3 is 0 Å². The average Bonchev–Trinajstić information content (AvgIpc) is 2.66. The van der Waals surface area contributed by atoms with Gasteiger partial charge in [-0.15, -0.1) is 0 Å². The van der Waals surface area contributed by atoms with E-state index >= 15 is 0 Å². The Morgan fingerprint density at radius 2 is 1.63 bits per heavy atom. The number of hydrogen-bond acceptors (Lipinski definition) is 5. The number of methoxy groups -OCH3 is 1. The molecule has 0 unspecified atom stereocenters. The molecule has 0 atom stereocenters. The van der Waals surface area contributed by atoms with Crippen molar-refractivity contribution in [1.29, 1.82) is 0 Å². The molecule has 0 aromatic carbocycles. The molecule has 0 aliphatic carbocycles. The second-order valence-electron chi connectivity index (χ2n) is 5.14. The van der Waals surface area contributed by atoms with E-state index in [1.807, 2.05) is 0 Å². The molecule has 1 aliphatic heterocycles. The molecule has 2 N–H and O–H groups in total. The Kier molecular flexibility index (Phi) is 10.3. The topological polar surface area (TPSA) is 51.0 Å². The molecule has 0 radical (unpaired) electrons.